The number of hydrogen-bond acceptors (Lipinski definition) is 2. The summed E-state index contributed by atoms with van der Waals surface area (Å²) in [7, 11) is 0. The number of guanidine groups is 1. The number of hydrogen-bond donors (Lipinski definition) is 3. The maximum Gasteiger partial charge on any atom is 0.227 e. The van der Waals surface area contributed by atoms with E-state index < -0.39 is 5.41 Å². The summed E-state index contributed by atoms with van der Waals surface area (Å²) >= 11 is 5.88. The van der Waals surface area contributed by atoms with Gasteiger partial charge in [-0.25, -0.2) is 4.99 Å². The second kappa shape index (κ2) is 9.40. The lowest BCUT2D eigenvalue weighted by Gasteiger charge is -2.24. The van der Waals surface area contributed by atoms with Gasteiger partial charge in [-0.15, -0.1) is 0 Å². The molecule has 0 atom stereocenters. The second-order valence-corrected chi connectivity index (χ2v) is 6.35. The highest BCUT2D eigenvalue weighted by atomic mass is 35.5. The summed E-state index contributed by atoms with van der Waals surface area (Å²) < 4.78 is 0. The average Bonchev–Trinajstić information content (AvgIpc) is 2.52. The van der Waals surface area contributed by atoms with Crippen molar-refractivity contribution in [3.05, 3.63) is 34.9 Å². The van der Waals surface area contributed by atoms with Crippen LogP contribution >= 0.6 is 11.6 Å². The van der Waals surface area contributed by atoms with Crippen LogP contribution < -0.4 is 16.0 Å². The van der Waals surface area contributed by atoms with Gasteiger partial charge in [-0.3, -0.25) is 4.79 Å². The summed E-state index contributed by atoms with van der Waals surface area (Å²) in [5.74, 6) is 0.723. The van der Waals surface area contributed by atoms with E-state index in [4.69, 9.17) is 11.6 Å². The first-order valence-corrected chi connectivity index (χ1v) is 8.31. The van der Waals surface area contributed by atoms with Gasteiger partial charge in [-0.1, -0.05) is 23.7 Å². The standard InChI is InChI=1S/C17H27ClN4O/c1-5-19-15(23)17(3,4)12-22-16(20-6-2)21-11-13-7-9-14(18)10-8-13/h7-10H,5-6,11-12H2,1-4H3,(H,19,23)(H2,20,21,22). The van der Waals surface area contributed by atoms with Gasteiger partial charge in [-0.05, 0) is 45.4 Å². The normalized spacial score (nSPS) is 12.0. The van der Waals surface area contributed by atoms with E-state index in [1.165, 1.54) is 0 Å². The van der Waals surface area contributed by atoms with Crippen LogP contribution in [0.3, 0.4) is 0 Å². The minimum Gasteiger partial charge on any atom is -0.357 e. The van der Waals surface area contributed by atoms with E-state index in [0.29, 0.717) is 30.6 Å². The van der Waals surface area contributed by atoms with Crippen molar-refractivity contribution in [3.8, 4) is 0 Å². The molecule has 1 aromatic carbocycles. The zero-order valence-corrected chi connectivity index (χ0v) is 15.1. The fourth-order valence-electron chi connectivity index (χ4n) is 1.89. The number of halogens is 1. The Hall–Kier alpha value is -1.75. The molecular weight excluding hydrogens is 312 g/mol. The van der Waals surface area contributed by atoms with Gasteiger partial charge >= 0.3 is 0 Å². The lowest BCUT2D eigenvalue weighted by atomic mass is 9.92. The fourth-order valence-corrected chi connectivity index (χ4v) is 2.01. The van der Waals surface area contributed by atoms with E-state index in [-0.39, 0.29) is 5.91 Å². The number of nitrogens with one attached hydrogen (secondary N) is 3. The van der Waals surface area contributed by atoms with E-state index in [1.807, 2.05) is 52.0 Å². The molecule has 0 heterocycles. The molecule has 0 fully saturated rings. The quantitative estimate of drug-likeness (QED) is 0.529. The molecule has 0 aromatic heterocycles. The molecule has 1 aromatic rings. The van der Waals surface area contributed by atoms with Crippen molar-refractivity contribution in [1.29, 1.82) is 0 Å². The van der Waals surface area contributed by atoms with E-state index >= 15 is 0 Å². The minimum atomic E-state index is -0.507. The Kier molecular flexibility index (Phi) is 7.89. The maximum absolute atomic E-state index is 12.0. The maximum atomic E-state index is 12.0. The Morgan fingerprint density at radius 3 is 2.26 bits per heavy atom. The van der Waals surface area contributed by atoms with Crippen LogP contribution in [0.5, 0.6) is 0 Å². The molecule has 1 amide bonds. The number of benzene rings is 1. The summed E-state index contributed by atoms with van der Waals surface area (Å²) in [4.78, 5) is 16.6. The Morgan fingerprint density at radius 1 is 1.09 bits per heavy atom. The van der Waals surface area contributed by atoms with E-state index in [9.17, 15) is 4.79 Å². The molecule has 0 bridgehead atoms. The molecule has 0 aliphatic heterocycles. The van der Waals surface area contributed by atoms with Crippen molar-refractivity contribution >= 4 is 23.5 Å². The molecule has 0 saturated carbocycles. The molecule has 128 valence electrons. The lowest BCUT2D eigenvalue weighted by Crippen LogP contribution is -2.47. The van der Waals surface area contributed by atoms with Crippen molar-refractivity contribution in [2.75, 3.05) is 19.6 Å². The molecule has 0 spiro atoms. The second-order valence-electron chi connectivity index (χ2n) is 5.92. The molecule has 0 unspecified atom stereocenters. The average molecular weight is 339 g/mol. The van der Waals surface area contributed by atoms with Gasteiger partial charge in [0.15, 0.2) is 5.96 Å². The van der Waals surface area contributed by atoms with Crippen LogP contribution in [0.15, 0.2) is 29.3 Å². The molecule has 5 nitrogen and oxygen atoms in total. The summed E-state index contributed by atoms with van der Waals surface area (Å²) in [6, 6.07) is 7.61. The first-order chi connectivity index (χ1) is 10.9. The van der Waals surface area contributed by atoms with Crippen molar-refractivity contribution in [3.63, 3.8) is 0 Å². The molecule has 0 aliphatic carbocycles. The zero-order valence-electron chi connectivity index (χ0n) is 14.4. The van der Waals surface area contributed by atoms with Gasteiger partial charge in [0.05, 0.1) is 12.0 Å². The van der Waals surface area contributed by atoms with Crippen LogP contribution in [-0.4, -0.2) is 31.5 Å². The molecule has 1 rings (SSSR count). The summed E-state index contributed by atoms with van der Waals surface area (Å²) in [6.45, 7) is 10.2. The van der Waals surface area contributed by atoms with Crippen LogP contribution in [0.1, 0.15) is 33.3 Å². The van der Waals surface area contributed by atoms with Crippen molar-refractivity contribution < 1.29 is 4.79 Å². The van der Waals surface area contributed by atoms with Crippen LogP contribution in [0.25, 0.3) is 0 Å². The number of carbonyl (C=O) groups is 1. The van der Waals surface area contributed by atoms with Crippen LogP contribution in [0, 0.1) is 5.41 Å². The highest BCUT2D eigenvalue weighted by Gasteiger charge is 2.27. The Morgan fingerprint density at radius 2 is 1.70 bits per heavy atom. The predicted octanol–water partition coefficient (Wildman–Crippen LogP) is 2.56. The molecular formula is C17H27ClN4O. The van der Waals surface area contributed by atoms with Crippen molar-refractivity contribution in [2.45, 2.75) is 34.2 Å². The third kappa shape index (κ3) is 6.91. The summed E-state index contributed by atoms with van der Waals surface area (Å²) in [5, 5.41) is 9.99. The minimum absolute atomic E-state index is 0.0287. The van der Waals surface area contributed by atoms with Crippen molar-refractivity contribution in [2.24, 2.45) is 10.4 Å². The third-order valence-electron chi connectivity index (χ3n) is 3.33. The van der Waals surface area contributed by atoms with Gasteiger partial charge < -0.3 is 16.0 Å². The van der Waals surface area contributed by atoms with E-state index in [0.717, 1.165) is 12.1 Å². The third-order valence-corrected chi connectivity index (χ3v) is 3.58. The number of aliphatic imine (C=N–C) groups is 1. The molecule has 0 saturated heterocycles. The van der Waals surface area contributed by atoms with Gasteiger partial charge in [0.25, 0.3) is 0 Å². The Bertz CT molecular complexity index is 526. The lowest BCUT2D eigenvalue weighted by molar-refractivity contribution is -0.128. The molecule has 3 N–H and O–H groups in total. The van der Waals surface area contributed by atoms with Crippen LogP contribution in [0.2, 0.25) is 5.02 Å². The highest BCUT2D eigenvalue weighted by Crippen LogP contribution is 2.13. The number of amides is 1. The van der Waals surface area contributed by atoms with Crippen LogP contribution in [0.4, 0.5) is 0 Å². The van der Waals surface area contributed by atoms with E-state index in [1.54, 1.807) is 0 Å². The topological polar surface area (TPSA) is 65.5 Å². The number of nitrogens with zero attached hydrogens (tertiary/aromatic N) is 1. The van der Waals surface area contributed by atoms with Gasteiger partial charge in [0.1, 0.15) is 0 Å². The number of carbonyl (C=O) groups excluding carboxylic acids is 1. The van der Waals surface area contributed by atoms with Gasteiger partial charge in [0.2, 0.25) is 5.91 Å². The Balaban J connectivity index is 2.65. The Labute approximate surface area is 143 Å². The monoisotopic (exact) mass is 338 g/mol. The zero-order chi connectivity index (χ0) is 17.3. The molecule has 0 radical (unpaired) electrons. The fraction of sp³-hybridized carbons (Fsp3) is 0.529. The first kappa shape index (κ1) is 19.3. The summed E-state index contributed by atoms with van der Waals surface area (Å²) in [6.07, 6.45) is 0. The summed E-state index contributed by atoms with van der Waals surface area (Å²) in [5.41, 5.74) is 0.571. The van der Waals surface area contributed by atoms with Crippen LogP contribution in [-0.2, 0) is 11.3 Å². The number of rotatable bonds is 7. The van der Waals surface area contributed by atoms with E-state index in [2.05, 4.69) is 20.9 Å². The molecule has 23 heavy (non-hydrogen) atoms. The van der Waals surface area contributed by atoms with Gasteiger partial charge in [0, 0.05) is 24.7 Å². The predicted molar refractivity (Wildman–Crippen MR) is 96.7 cm³/mol. The first-order valence-electron chi connectivity index (χ1n) is 7.94. The molecule has 0 aliphatic rings. The SMILES string of the molecule is CCNC(=O)C(C)(C)CNC(=NCc1ccc(Cl)cc1)NCC. The van der Waals surface area contributed by atoms with Crippen molar-refractivity contribution in [1.82, 2.24) is 16.0 Å². The highest BCUT2D eigenvalue weighted by molar-refractivity contribution is 6.30. The molecule has 6 heteroatoms. The largest absolute Gasteiger partial charge is 0.357 e. The smallest absolute Gasteiger partial charge is 0.227 e. The van der Waals surface area contributed by atoms with Gasteiger partial charge in [-0.2, -0.15) is 0 Å².